The van der Waals surface area contributed by atoms with Gasteiger partial charge in [-0.05, 0) is 279 Å². The highest BCUT2D eigenvalue weighted by atomic mass is 16.1. The van der Waals surface area contributed by atoms with Crippen molar-refractivity contribution in [3.05, 3.63) is 361 Å². The molecule has 4 aliphatic rings. The van der Waals surface area contributed by atoms with Crippen molar-refractivity contribution in [1.29, 1.82) is 0 Å². The molecule has 0 spiro atoms. The Bertz CT molecular complexity index is 5730. The quantitative estimate of drug-likeness (QED) is 0.142. The van der Waals surface area contributed by atoms with E-state index in [9.17, 15) is 0 Å². The van der Waals surface area contributed by atoms with E-state index in [0.717, 1.165) is 175 Å². The molecule has 0 amide bonds. The van der Waals surface area contributed by atoms with Crippen molar-refractivity contribution in [2.45, 2.75) is 209 Å². The molecule has 0 bridgehead atoms. The maximum atomic E-state index is 16.2. The van der Waals surface area contributed by atoms with Crippen molar-refractivity contribution in [1.82, 2.24) is 0 Å². The summed E-state index contributed by atoms with van der Waals surface area (Å²) in [7, 11) is 0. The van der Waals surface area contributed by atoms with Gasteiger partial charge in [0.25, 0.3) is 0 Å². The molecule has 13 aromatic carbocycles. The molecule has 0 saturated heterocycles. The Morgan fingerprint density at radius 2 is 0.281 bits per heavy atom. The van der Waals surface area contributed by atoms with Crippen LogP contribution in [0.25, 0.3) is 65.4 Å². The Kier molecular flexibility index (Phi) is 16.8. The molecule has 17 rings (SSSR count). The van der Waals surface area contributed by atoms with E-state index < -0.39 is 0 Å². The second kappa shape index (κ2) is 25.3. The molecule has 0 atom stereocenters. The highest BCUT2D eigenvalue weighted by molar-refractivity contribution is 6.26. The first kappa shape index (κ1) is 75.7. The first-order valence-corrected chi connectivity index (χ1v) is 41.0. The van der Waals surface area contributed by atoms with Gasteiger partial charge in [-0.3, -0.25) is 19.2 Å². The molecule has 0 N–H and O–H groups in total. The predicted octanol–water partition coefficient (Wildman–Crippen LogP) is 23.8. The Morgan fingerprint density at radius 1 is 0.149 bits per heavy atom. The smallest absolute Gasteiger partial charge is 0.194 e. The minimum Gasteiger partial charge on any atom is -0.289 e. The monoisotopic (exact) mass is 1490 g/mol. The molecule has 570 valence electrons. The van der Waals surface area contributed by atoms with Crippen LogP contribution >= 0.6 is 0 Å². The maximum absolute atomic E-state index is 16.2. The van der Waals surface area contributed by atoms with E-state index in [1.165, 1.54) is 0 Å². The average molecular weight is 1490 g/mol. The fourth-order valence-corrected chi connectivity index (χ4v) is 18.5. The number of ketones is 4. The average Bonchev–Trinajstić information content (AvgIpc) is 0.800. The van der Waals surface area contributed by atoms with Crippen LogP contribution in [0, 0.1) is 0 Å². The summed E-state index contributed by atoms with van der Waals surface area (Å²) in [5, 5.41) is 11.6. The number of hydrogen-bond donors (Lipinski definition) is 0. The van der Waals surface area contributed by atoms with Gasteiger partial charge in [0.2, 0.25) is 0 Å². The summed E-state index contributed by atoms with van der Waals surface area (Å²) in [6.07, 6.45) is 0. The first-order valence-electron chi connectivity index (χ1n) is 41.0. The van der Waals surface area contributed by atoms with Gasteiger partial charge in [-0.15, -0.1) is 0 Å². The minimum atomic E-state index is -0.290. The lowest BCUT2D eigenvalue weighted by molar-refractivity contribution is 0.102. The summed E-state index contributed by atoms with van der Waals surface area (Å²) in [6.45, 7) is 53.2. The molecule has 13 aromatic rings. The summed E-state index contributed by atoms with van der Waals surface area (Å²) in [5.41, 5.74) is 22.1. The van der Waals surface area contributed by atoms with E-state index in [2.05, 4.69) is 372 Å². The van der Waals surface area contributed by atoms with Crippen LogP contribution in [0.15, 0.2) is 206 Å². The van der Waals surface area contributed by atoms with Crippen LogP contribution in [0.1, 0.15) is 319 Å². The van der Waals surface area contributed by atoms with Crippen molar-refractivity contribution in [3.63, 3.8) is 0 Å². The second-order valence-electron chi connectivity index (χ2n) is 41.4. The van der Waals surface area contributed by atoms with Crippen LogP contribution in [0.2, 0.25) is 0 Å². The zero-order valence-corrected chi connectivity index (χ0v) is 71.3. The lowest BCUT2D eigenvalue weighted by Gasteiger charge is -2.30. The standard InChI is InChI=1S/C110H106O4/c1-103(2,3)59-33-41-71-83(49-59)99(111)84-50-60(104(4,5)6)34-42-72(84)91(71)95-67-29-25-26-30-68(67)96(92-73-43-35-61(105(7,8)9)51-85(73)100(112)86-52-62(106(10,11)12)36-44-74(86)92)80-58-82-81(57-79(80)95)97(93-75-45-37-63(107(13,14)15)53-87(75)101(113)88-54-64(108(16,17)18)38-46-76(88)93)69-31-27-28-32-70(69)98(82)94-77-47-39-65(109(19,20)21)55-89(77)102(114)90-56-66(110(22,23)24)40-48-78(90)94/h25-58H,1-24H3. The van der Waals surface area contributed by atoms with Crippen LogP contribution in [-0.2, 0) is 43.3 Å². The van der Waals surface area contributed by atoms with E-state index in [1.54, 1.807) is 0 Å². The molecule has 0 aliphatic heterocycles. The van der Waals surface area contributed by atoms with Crippen LogP contribution in [0.3, 0.4) is 0 Å². The number of rotatable bonds is 0. The highest BCUT2D eigenvalue weighted by Crippen LogP contribution is 2.47. The molecule has 0 heterocycles. The van der Waals surface area contributed by atoms with E-state index in [1.807, 2.05) is 0 Å². The zero-order valence-electron chi connectivity index (χ0n) is 71.3. The fourth-order valence-electron chi connectivity index (χ4n) is 18.5. The third-order valence-corrected chi connectivity index (χ3v) is 25.4. The van der Waals surface area contributed by atoms with Gasteiger partial charge >= 0.3 is 0 Å². The van der Waals surface area contributed by atoms with E-state index in [4.69, 9.17) is 0 Å². The molecule has 4 nitrogen and oxygen atoms in total. The number of benzene rings is 13. The normalized spacial score (nSPS) is 14.7. The molecule has 0 saturated carbocycles. The largest absolute Gasteiger partial charge is 0.289 e. The Balaban J connectivity index is 1.25. The van der Waals surface area contributed by atoms with Crippen LogP contribution in [0.5, 0.6) is 0 Å². The SMILES string of the molecule is CC(C)(C)c1ccc2c(c1)C(=O)c1cc(C(C)(C)C)ccc1C2=c1c2ccccc2c(=C2c3ccc(C(C)(C)C)cc3C(=O)c3cc(C(C)(C)C)ccc32)c2cc3c(=C4c5ccc(C(C)(C)C)cc5C(=O)c5cc(C(C)(C)C)ccc54)c4ccccc4c(=C4c5ccc(C(C)(C)C)cc5C(=O)c5cc(C(C)(C)C)ccc54)c3cc12. The Hall–Kier alpha value is -10.9. The van der Waals surface area contributed by atoms with Crippen molar-refractivity contribution in [2.24, 2.45) is 0 Å². The number of hydrogen-bond acceptors (Lipinski definition) is 4. The molecule has 4 heteroatoms. The second-order valence-corrected chi connectivity index (χ2v) is 41.4. The predicted molar refractivity (Wildman–Crippen MR) is 476 cm³/mol. The van der Waals surface area contributed by atoms with Crippen molar-refractivity contribution >= 4 is 88.5 Å². The van der Waals surface area contributed by atoms with Crippen molar-refractivity contribution < 1.29 is 19.2 Å². The molecule has 0 fully saturated rings. The Labute approximate surface area is 673 Å². The van der Waals surface area contributed by atoms with Gasteiger partial charge in [-0.2, -0.15) is 0 Å². The number of carbonyl (C=O) groups excluding carboxylic acids is 4. The van der Waals surface area contributed by atoms with Gasteiger partial charge < -0.3 is 0 Å². The highest BCUT2D eigenvalue weighted by Gasteiger charge is 2.39. The van der Waals surface area contributed by atoms with Gasteiger partial charge in [-0.1, -0.05) is 312 Å². The minimum absolute atomic E-state index is 0.00692. The van der Waals surface area contributed by atoms with E-state index >= 15 is 19.2 Å². The van der Waals surface area contributed by atoms with Gasteiger partial charge in [-0.25, -0.2) is 0 Å². The molecular formula is C110H106O4. The van der Waals surface area contributed by atoms with Crippen LogP contribution in [0.4, 0.5) is 0 Å². The molecule has 0 radical (unpaired) electrons. The van der Waals surface area contributed by atoms with Gasteiger partial charge in [0, 0.05) is 44.5 Å². The van der Waals surface area contributed by atoms with Gasteiger partial charge in [0.05, 0.1) is 0 Å². The molecular weight excluding hydrogens is 1390 g/mol. The molecule has 114 heavy (non-hydrogen) atoms. The molecule has 0 aromatic heterocycles. The first-order chi connectivity index (χ1) is 53.3. The fraction of sp³-hybridized carbons (Fsp3) is 0.291. The van der Waals surface area contributed by atoms with Crippen molar-refractivity contribution in [2.75, 3.05) is 0 Å². The Morgan fingerprint density at radius 3 is 0.404 bits per heavy atom. The third-order valence-electron chi connectivity index (χ3n) is 25.4. The molecule has 0 unspecified atom stereocenters. The van der Waals surface area contributed by atoms with E-state index in [0.29, 0.717) is 44.5 Å². The van der Waals surface area contributed by atoms with Gasteiger partial charge in [0.15, 0.2) is 23.1 Å². The lowest BCUT2D eigenvalue weighted by atomic mass is 9.72. The van der Waals surface area contributed by atoms with Crippen LogP contribution in [-0.4, -0.2) is 23.1 Å². The molecule has 4 aliphatic carbocycles. The number of fused-ring (bicyclic) bond motifs is 12. The topological polar surface area (TPSA) is 68.3 Å². The summed E-state index contributed by atoms with van der Waals surface area (Å²) >= 11 is 0. The summed E-state index contributed by atoms with van der Waals surface area (Å²) < 4.78 is 0. The third kappa shape index (κ3) is 11.9. The zero-order chi connectivity index (χ0) is 81.4. The number of carbonyl (C=O) groups is 4. The van der Waals surface area contributed by atoms with Crippen LogP contribution < -0.4 is 20.9 Å². The maximum Gasteiger partial charge on any atom is 0.194 e. The van der Waals surface area contributed by atoms with E-state index in [-0.39, 0.29) is 66.5 Å². The van der Waals surface area contributed by atoms with Gasteiger partial charge in [0.1, 0.15) is 0 Å². The lowest BCUT2D eigenvalue weighted by Crippen LogP contribution is -2.29. The summed E-state index contributed by atoms with van der Waals surface area (Å²) in [5.74, 6) is -0.0277. The summed E-state index contributed by atoms with van der Waals surface area (Å²) in [6, 6.07) is 75.7. The summed E-state index contributed by atoms with van der Waals surface area (Å²) in [4.78, 5) is 64.7. The van der Waals surface area contributed by atoms with Crippen molar-refractivity contribution in [3.8, 4) is 0 Å².